The van der Waals surface area contributed by atoms with E-state index in [1.807, 2.05) is 29.2 Å². The SMILES string of the molecule is O=C(CNC(=O)C1CCCC1)NCc1cccc(C(=O)N2CCCC2)c1. The molecule has 2 aliphatic rings. The molecule has 3 amide bonds. The fourth-order valence-corrected chi connectivity index (χ4v) is 3.68. The minimum Gasteiger partial charge on any atom is -0.350 e. The third-order valence-electron chi connectivity index (χ3n) is 5.21. The molecule has 1 aliphatic carbocycles. The third kappa shape index (κ3) is 4.84. The highest BCUT2D eigenvalue weighted by Gasteiger charge is 2.23. The van der Waals surface area contributed by atoms with Crippen molar-refractivity contribution in [3.05, 3.63) is 35.4 Å². The predicted molar refractivity (Wildman–Crippen MR) is 98.4 cm³/mol. The monoisotopic (exact) mass is 357 g/mol. The van der Waals surface area contributed by atoms with Crippen molar-refractivity contribution in [3.8, 4) is 0 Å². The van der Waals surface area contributed by atoms with E-state index < -0.39 is 0 Å². The number of nitrogens with one attached hydrogen (secondary N) is 2. The van der Waals surface area contributed by atoms with Crippen molar-refractivity contribution < 1.29 is 14.4 Å². The summed E-state index contributed by atoms with van der Waals surface area (Å²) in [6.45, 7) is 1.99. The number of likely N-dealkylation sites (tertiary alicyclic amines) is 1. The molecule has 6 heteroatoms. The van der Waals surface area contributed by atoms with Gasteiger partial charge in [-0.3, -0.25) is 14.4 Å². The molecule has 0 bridgehead atoms. The number of rotatable bonds is 6. The van der Waals surface area contributed by atoms with Crippen molar-refractivity contribution in [2.75, 3.05) is 19.6 Å². The van der Waals surface area contributed by atoms with Crippen LogP contribution >= 0.6 is 0 Å². The van der Waals surface area contributed by atoms with Gasteiger partial charge in [0.05, 0.1) is 6.54 Å². The van der Waals surface area contributed by atoms with Gasteiger partial charge < -0.3 is 15.5 Å². The molecule has 0 aromatic heterocycles. The molecule has 1 saturated heterocycles. The molecule has 0 unspecified atom stereocenters. The van der Waals surface area contributed by atoms with Crippen LogP contribution in [0.5, 0.6) is 0 Å². The Bertz CT molecular complexity index is 662. The van der Waals surface area contributed by atoms with E-state index in [0.29, 0.717) is 12.1 Å². The maximum absolute atomic E-state index is 12.4. The van der Waals surface area contributed by atoms with Crippen molar-refractivity contribution in [2.24, 2.45) is 5.92 Å². The first-order valence-electron chi connectivity index (χ1n) is 9.56. The molecule has 1 aromatic rings. The lowest BCUT2D eigenvalue weighted by molar-refractivity contribution is -0.128. The van der Waals surface area contributed by atoms with E-state index >= 15 is 0 Å². The summed E-state index contributed by atoms with van der Waals surface area (Å²) in [5.74, 6) is -0.112. The van der Waals surface area contributed by atoms with Crippen molar-refractivity contribution >= 4 is 17.7 Å². The van der Waals surface area contributed by atoms with Crippen molar-refractivity contribution in [1.29, 1.82) is 0 Å². The lowest BCUT2D eigenvalue weighted by Gasteiger charge is -2.16. The highest BCUT2D eigenvalue weighted by molar-refractivity contribution is 5.94. The summed E-state index contributed by atoms with van der Waals surface area (Å²) in [5, 5.41) is 5.52. The number of hydrogen-bond acceptors (Lipinski definition) is 3. The minimum absolute atomic E-state index is 0.00172. The maximum atomic E-state index is 12.4. The number of benzene rings is 1. The second-order valence-corrected chi connectivity index (χ2v) is 7.18. The average Bonchev–Trinajstić information content (AvgIpc) is 3.38. The molecule has 1 aromatic carbocycles. The summed E-state index contributed by atoms with van der Waals surface area (Å²) in [7, 11) is 0. The van der Waals surface area contributed by atoms with E-state index in [1.165, 1.54) is 0 Å². The molecule has 140 valence electrons. The van der Waals surface area contributed by atoms with Crippen LogP contribution in [0.4, 0.5) is 0 Å². The van der Waals surface area contributed by atoms with Crippen LogP contribution in [-0.2, 0) is 16.1 Å². The number of nitrogens with zero attached hydrogens (tertiary/aromatic N) is 1. The molecule has 0 spiro atoms. The Hall–Kier alpha value is -2.37. The lowest BCUT2D eigenvalue weighted by Crippen LogP contribution is -2.38. The zero-order valence-corrected chi connectivity index (χ0v) is 15.1. The number of amides is 3. The Morgan fingerprint density at radius 2 is 1.73 bits per heavy atom. The van der Waals surface area contributed by atoms with Crippen LogP contribution in [-0.4, -0.2) is 42.3 Å². The van der Waals surface area contributed by atoms with Gasteiger partial charge in [-0.25, -0.2) is 0 Å². The maximum Gasteiger partial charge on any atom is 0.253 e. The quantitative estimate of drug-likeness (QED) is 0.815. The zero-order chi connectivity index (χ0) is 18.4. The van der Waals surface area contributed by atoms with Gasteiger partial charge >= 0.3 is 0 Å². The summed E-state index contributed by atoms with van der Waals surface area (Å²) < 4.78 is 0. The smallest absolute Gasteiger partial charge is 0.253 e. The summed E-state index contributed by atoms with van der Waals surface area (Å²) >= 11 is 0. The molecular formula is C20H27N3O3. The first kappa shape index (κ1) is 18.4. The summed E-state index contributed by atoms with van der Waals surface area (Å²) in [6, 6.07) is 7.37. The molecule has 0 radical (unpaired) electrons. The van der Waals surface area contributed by atoms with Crippen LogP contribution in [0.1, 0.15) is 54.4 Å². The molecule has 3 rings (SSSR count). The van der Waals surface area contributed by atoms with Crippen LogP contribution in [0.15, 0.2) is 24.3 Å². The first-order valence-corrected chi connectivity index (χ1v) is 9.56. The summed E-state index contributed by atoms with van der Waals surface area (Å²) in [4.78, 5) is 38.2. The molecular weight excluding hydrogens is 330 g/mol. The van der Waals surface area contributed by atoms with Gasteiger partial charge in [0.1, 0.15) is 0 Å². The Morgan fingerprint density at radius 3 is 2.46 bits per heavy atom. The predicted octanol–water partition coefficient (Wildman–Crippen LogP) is 1.85. The topological polar surface area (TPSA) is 78.5 Å². The van der Waals surface area contributed by atoms with Crippen LogP contribution < -0.4 is 10.6 Å². The van der Waals surface area contributed by atoms with Crippen LogP contribution in [0.25, 0.3) is 0 Å². The Morgan fingerprint density at radius 1 is 1.00 bits per heavy atom. The molecule has 6 nitrogen and oxygen atoms in total. The number of carbonyl (C=O) groups excluding carboxylic acids is 3. The molecule has 26 heavy (non-hydrogen) atoms. The van der Waals surface area contributed by atoms with E-state index in [2.05, 4.69) is 10.6 Å². The van der Waals surface area contributed by atoms with E-state index in [0.717, 1.165) is 57.2 Å². The van der Waals surface area contributed by atoms with Crippen molar-refractivity contribution in [1.82, 2.24) is 15.5 Å². The molecule has 1 saturated carbocycles. The van der Waals surface area contributed by atoms with Crippen LogP contribution in [0.3, 0.4) is 0 Å². The Balaban J connectivity index is 1.45. The van der Waals surface area contributed by atoms with Gasteiger partial charge in [-0.2, -0.15) is 0 Å². The van der Waals surface area contributed by atoms with Gasteiger partial charge in [0.2, 0.25) is 11.8 Å². The normalized spacial score (nSPS) is 17.3. The molecule has 1 aliphatic heterocycles. The first-order chi connectivity index (χ1) is 12.6. The van der Waals surface area contributed by atoms with E-state index in [4.69, 9.17) is 0 Å². The average molecular weight is 357 g/mol. The van der Waals surface area contributed by atoms with Gasteiger partial charge in [0.25, 0.3) is 5.91 Å². The summed E-state index contributed by atoms with van der Waals surface area (Å²) in [5.41, 5.74) is 1.54. The number of carbonyl (C=O) groups is 3. The molecule has 2 N–H and O–H groups in total. The van der Waals surface area contributed by atoms with Crippen LogP contribution in [0, 0.1) is 5.92 Å². The van der Waals surface area contributed by atoms with E-state index in [-0.39, 0.29) is 30.2 Å². The highest BCUT2D eigenvalue weighted by Crippen LogP contribution is 2.24. The van der Waals surface area contributed by atoms with Crippen molar-refractivity contribution in [3.63, 3.8) is 0 Å². The van der Waals surface area contributed by atoms with Gasteiger partial charge in [0.15, 0.2) is 0 Å². The minimum atomic E-state index is -0.215. The van der Waals surface area contributed by atoms with Gasteiger partial charge in [-0.05, 0) is 43.4 Å². The summed E-state index contributed by atoms with van der Waals surface area (Å²) in [6.07, 6.45) is 6.16. The fraction of sp³-hybridized carbons (Fsp3) is 0.550. The largest absolute Gasteiger partial charge is 0.350 e. The number of hydrogen-bond donors (Lipinski definition) is 2. The molecule has 2 fully saturated rings. The van der Waals surface area contributed by atoms with Gasteiger partial charge in [0, 0.05) is 31.1 Å². The Labute approximate surface area is 154 Å². The highest BCUT2D eigenvalue weighted by atomic mass is 16.2. The van der Waals surface area contributed by atoms with E-state index in [1.54, 1.807) is 0 Å². The Kier molecular flexibility index (Phi) is 6.26. The van der Waals surface area contributed by atoms with Gasteiger partial charge in [-0.1, -0.05) is 25.0 Å². The molecule has 1 heterocycles. The van der Waals surface area contributed by atoms with Crippen LogP contribution in [0.2, 0.25) is 0 Å². The standard InChI is InChI=1S/C20H27N3O3/c24-18(14-22-19(25)16-7-1-2-8-16)21-13-15-6-5-9-17(12-15)20(26)23-10-3-4-11-23/h5-6,9,12,16H,1-4,7-8,10-11,13-14H2,(H,21,24)(H,22,25). The van der Waals surface area contributed by atoms with Gasteiger partial charge in [-0.15, -0.1) is 0 Å². The van der Waals surface area contributed by atoms with Crippen molar-refractivity contribution in [2.45, 2.75) is 45.1 Å². The second-order valence-electron chi connectivity index (χ2n) is 7.18. The second kappa shape index (κ2) is 8.83. The van der Waals surface area contributed by atoms with E-state index in [9.17, 15) is 14.4 Å². The zero-order valence-electron chi connectivity index (χ0n) is 15.1. The fourth-order valence-electron chi connectivity index (χ4n) is 3.68. The molecule has 0 atom stereocenters. The lowest BCUT2D eigenvalue weighted by atomic mass is 10.1. The third-order valence-corrected chi connectivity index (χ3v) is 5.21.